The Morgan fingerprint density at radius 2 is 1.72 bits per heavy atom. The van der Waals surface area contributed by atoms with Gasteiger partial charge >= 0.3 is 0 Å². The van der Waals surface area contributed by atoms with Crippen LogP contribution < -0.4 is 4.74 Å². The number of ether oxygens (including phenoxy) is 1. The van der Waals surface area contributed by atoms with Gasteiger partial charge in [0.25, 0.3) is 0 Å². The highest BCUT2D eigenvalue weighted by molar-refractivity contribution is 5.30. The van der Waals surface area contributed by atoms with Gasteiger partial charge in [0.1, 0.15) is 12.4 Å². The minimum absolute atomic E-state index is 0.535. The van der Waals surface area contributed by atoms with Crippen LogP contribution in [-0.4, -0.2) is 0 Å². The molecule has 0 spiro atoms. The third-order valence-corrected chi connectivity index (χ3v) is 3.05. The molecule has 0 aromatic heterocycles. The van der Waals surface area contributed by atoms with Crippen molar-refractivity contribution in [1.29, 1.82) is 0 Å². The van der Waals surface area contributed by atoms with Crippen LogP contribution in [0.3, 0.4) is 0 Å². The normalized spacial score (nSPS) is 10.7. The average Bonchev–Trinajstić information content (AvgIpc) is 2.38. The highest BCUT2D eigenvalue weighted by Gasteiger charge is 2.01. The van der Waals surface area contributed by atoms with Gasteiger partial charge in [0, 0.05) is 0 Å². The van der Waals surface area contributed by atoms with Gasteiger partial charge in [-0.2, -0.15) is 0 Å². The minimum Gasteiger partial charge on any atom is -0.489 e. The fourth-order valence-corrected chi connectivity index (χ4v) is 1.81. The molecule has 0 radical (unpaired) electrons. The van der Waals surface area contributed by atoms with Gasteiger partial charge < -0.3 is 4.74 Å². The number of aryl methyl sites for hydroxylation is 1. The van der Waals surface area contributed by atoms with E-state index in [1.807, 2.05) is 6.07 Å². The lowest BCUT2D eigenvalue weighted by Crippen LogP contribution is -1.96. The van der Waals surface area contributed by atoms with Crippen molar-refractivity contribution in [2.45, 2.75) is 33.3 Å². The first-order valence-electron chi connectivity index (χ1n) is 6.43. The predicted molar refractivity (Wildman–Crippen MR) is 76.0 cm³/mol. The lowest BCUT2D eigenvalue weighted by Gasteiger charge is -2.10. The summed E-state index contributed by atoms with van der Waals surface area (Å²) in [5.41, 5.74) is 3.80. The molecular weight excluding hydrogens is 220 g/mol. The summed E-state index contributed by atoms with van der Waals surface area (Å²) < 4.78 is 5.82. The molecule has 18 heavy (non-hydrogen) atoms. The molecule has 0 fully saturated rings. The molecule has 0 aliphatic rings. The van der Waals surface area contributed by atoms with E-state index in [1.165, 1.54) is 16.7 Å². The van der Waals surface area contributed by atoms with Crippen LogP contribution >= 0.6 is 0 Å². The molecule has 1 heteroatoms. The molecule has 0 N–H and O–H groups in total. The topological polar surface area (TPSA) is 9.23 Å². The number of benzene rings is 2. The zero-order valence-corrected chi connectivity index (χ0v) is 11.3. The Bertz CT molecular complexity index is 497. The van der Waals surface area contributed by atoms with Crippen molar-refractivity contribution in [3.63, 3.8) is 0 Å². The molecule has 0 heterocycles. The van der Waals surface area contributed by atoms with Crippen LogP contribution in [0.25, 0.3) is 0 Å². The van der Waals surface area contributed by atoms with Gasteiger partial charge in [0.15, 0.2) is 0 Å². The van der Waals surface area contributed by atoms with Crippen LogP contribution in [0.4, 0.5) is 0 Å². The van der Waals surface area contributed by atoms with Gasteiger partial charge in [0.05, 0.1) is 0 Å². The molecule has 2 rings (SSSR count). The Morgan fingerprint density at radius 1 is 1.00 bits per heavy atom. The van der Waals surface area contributed by atoms with Crippen LogP contribution in [0, 0.1) is 6.92 Å². The summed E-state index contributed by atoms with van der Waals surface area (Å²) >= 11 is 0. The second-order valence-electron chi connectivity index (χ2n) is 5.00. The van der Waals surface area contributed by atoms with E-state index < -0.39 is 0 Å². The molecule has 0 saturated heterocycles. The van der Waals surface area contributed by atoms with Crippen LogP contribution in [0.2, 0.25) is 0 Å². The molecule has 0 aliphatic heterocycles. The van der Waals surface area contributed by atoms with Crippen molar-refractivity contribution in [3.05, 3.63) is 65.2 Å². The van der Waals surface area contributed by atoms with E-state index in [0.29, 0.717) is 12.5 Å². The smallest absolute Gasteiger partial charge is 0.120 e. The molecular formula is C17H20O. The molecule has 94 valence electrons. The minimum atomic E-state index is 0.535. The molecule has 0 unspecified atom stereocenters. The van der Waals surface area contributed by atoms with E-state index >= 15 is 0 Å². The highest BCUT2D eigenvalue weighted by Crippen LogP contribution is 2.20. The first-order valence-corrected chi connectivity index (χ1v) is 6.43. The average molecular weight is 240 g/mol. The zero-order valence-electron chi connectivity index (χ0n) is 11.3. The summed E-state index contributed by atoms with van der Waals surface area (Å²) in [6.45, 7) is 7.11. The molecule has 2 aromatic rings. The van der Waals surface area contributed by atoms with E-state index in [9.17, 15) is 0 Å². The monoisotopic (exact) mass is 240 g/mol. The number of rotatable bonds is 4. The molecule has 0 atom stereocenters. The molecule has 0 bridgehead atoms. The van der Waals surface area contributed by atoms with E-state index in [0.717, 1.165) is 5.75 Å². The van der Waals surface area contributed by atoms with Gasteiger partial charge in [0.2, 0.25) is 0 Å². The van der Waals surface area contributed by atoms with Crippen molar-refractivity contribution >= 4 is 0 Å². The Labute approximate surface area is 109 Å². The maximum Gasteiger partial charge on any atom is 0.120 e. The van der Waals surface area contributed by atoms with Gasteiger partial charge in [-0.1, -0.05) is 55.8 Å². The fraction of sp³-hybridized carbons (Fsp3) is 0.294. The van der Waals surface area contributed by atoms with Crippen molar-refractivity contribution in [1.82, 2.24) is 0 Å². The molecule has 1 nitrogen and oxygen atoms in total. The van der Waals surface area contributed by atoms with Crippen LogP contribution in [-0.2, 0) is 6.61 Å². The number of hydrogen-bond donors (Lipinski definition) is 0. The van der Waals surface area contributed by atoms with Crippen molar-refractivity contribution in [2.75, 3.05) is 0 Å². The van der Waals surface area contributed by atoms with Crippen molar-refractivity contribution in [2.24, 2.45) is 0 Å². The fourth-order valence-electron chi connectivity index (χ4n) is 1.81. The Hall–Kier alpha value is -1.76. The maximum atomic E-state index is 5.82. The molecule has 0 amide bonds. The number of hydrogen-bond acceptors (Lipinski definition) is 1. The summed E-state index contributed by atoms with van der Waals surface area (Å²) in [4.78, 5) is 0. The quantitative estimate of drug-likeness (QED) is 0.752. The summed E-state index contributed by atoms with van der Waals surface area (Å²) in [5.74, 6) is 1.48. The SMILES string of the molecule is Cc1ccc(COc2cccc(C(C)C)c2)cc1. The van der Waals surface area contributed by atoms with Crippen LogP contribution in [0.5, 0.6) is 5.75 Å². The second-order valence-corrected chi connectivity index (χ2v) is 5.00. The van der Waals surface area contributed by atoms with E-state index in [1.54, 1.807) is 0 Å². The Balaban J connectivity index is 2.01. The Kier molecular flexibility index (Phi) is 4.03. The Morgan fingerprint density at radius 3 is 2.39 bits per heavy atom. The van der Waals surface area contributed by atoms with E-state index in [4.69, 9.17) is 4.74 Å². The largest absolute Gasteiger partial charge is 0.489 e. The summed E-state index contributed by atoms with van der Waals surface area (Å²) in [6, 6.07) is 16.8. The standard InChI is InChI=1S/C17H20O/c1-13(2)16-5-4-6-17(11-16)18-12-15-9-7-14(3)8-10-15/h4-11,13H,12H2,1-3H3. The van der Waals surface area contributed by atoms with E-state index in [-0.39, 0.29) is 0 Å². The lowest BCUT2D eigenvalue weighted by atomic mass is 10.0. The maximum absolute atomic E-state index is 5.82. The lowest BCUT2D eigenvalue weighted by molar-refractivity contribution is 0.306. The first kappa shape index (κ1) is 12.7. The van der Waals surface area contributed by atoms with Crippen molar-refractivity contribution in [3.8, 4) is 5.75 Å². The van der Waals surface area contributed by atoms with Crippen molar-refractivity contribution < 1.29 is 4.74 Å². The predicted octanol–water partition coefficient (Wildman–Crippen LogP) is 4.70. The molecule has 0 saturated carbocycles. The van der Waals surface area contributed by atoms with Gasteiger partial charge in [-0.25, -0.2) is 0 Å². The third kappa shape index (κ3) is 3.36. The summed E-state index contributed by atoms with van der Waals surface area (Å²) in [7, 11) is 0. The zero-order chi connectivity index (χ0) is 13.0. The van der Waals surface area contributed by atoms with Crippen LogP contribution in [0.15, 0.2) is 48.5 Å². The molecule has 2 aromatic carbocycles. The second kappa shape index (κ2) is 5.72. The third-order valence-electron chi connectivity index (χ3n) is 3.05. The summed E-state index contributed by atoms with van der Waals surface area (Å²) in [6.07, 6.45) is 0. The molecule has 0 aliphatic carbocycles. The highest BCUT2D eigenvalue weighted by atomic mass is 16.5. The van der Waals surface area contributed by atoms with Crippen LogP contribution in [0.1, 0.15) is 36.5 Å². The van der Waals surface area contributed by atoms with E-state index in [2.05, 4.69) is 63.2 Å². The van der Waals surface area contributed by atoms with Gasteiger partial charge in [-0.15, -0.1) is 0 Å². The van der Waals surface area contributed by atoms with Gasteiger partial charge in [-0.3, -0.25) is 0 Å². The summed E-state index contributed by atoms with van der Waals surface area (Å²) in [5, 5.41) is 0. The first-order chi connectivity index (χ1) is 8.65. The van der Waals surface area contributed by atoms with Gasteiger partial charge in [-0.05, 0) is 36.1 Å².